The topological polar surface area (TPSA) is 9.23 Å². The molecule has 1 heterocycles. The molecule has 1 aliphatic rings. The summed E-state index contributed by atoms with van der Waals surface area (Å²) in [6, 6.07) is 0. The first-order valence-corrected chi connectivity index (χ1v) is 7.35. The van der Waals surface area contributed by atoms with Crippen LogP contribution in [0.2, 0.25) is 0 Å². The summed E-state index contributed by atoms with van der Waals surface area (Å²) in [6.45, 7) is 5.46. The van der Waals surface area contributed by atoms with Gasteiger partial charge in [0.1, 0.15) is 0 Å². The van der Waals surface area contributed by atoms with Crippen LogP contribution in [-0.2, 0) is 4.74 Å². The summed E-state index contributed by atoms with van der Waals surface area (Å²) in [6.07, 6.45) is 15.2. The van der Waals surface area contributed by atoms with Crippen LogP contribution in [0.3, 0.4) is 0 Å². The van der Waals surface area contributed by atoms with Crippen molar-refractivity contribution in [3.05, 3.63) is 0 Å². The van der Waals surface area contributed by atoms with Crippen molar-refractivity contribution in [2.75, 3.05) is 6.61 Å². The van der Waals surface area contributed by atoms with E-state index in [0.717, 1.165) is 6.61 Å². The summed E-state index contributed by atoms with van der Waals surface area (Å²) >= 11 is 0. The molecule has 0 bridgehead atoms. The van der Waals surface area contributed by atoms with Crippen LogP contribution in [0.25, 0.3) is 0 Å². The van der Waals surface area contributed by atoms with Crippen molar-refractivity contribution in [1.82, 2.24) is 0 Å². The van der Waals surface area contributed by atoms with Crippen LogP contribution >= 0.6 is 0 Å². The van der Waals surface area contributed by atoms with Gasteiger partial charge in [-0.25, -0.2) is 0 Å². The molecule has 0 aromatic rings. The van der Waals surface area contributed by atoms with E-state index < -0.39 is 0 Å². The molecule has 0 amide bonds. The molecule has 0 aliphatic carbocycles. The third-order valence-electron chi connectivity index (χ3n) is 3.67. The van der Waals surface area contributed by atoms with E-state index >= 15 is 0 Å². The van der Waals surface area contributed by atoms with Crippen LogP contribution in [0.4, 0.5) is 0 Å². The molecule has 1 aliphatic heterocycles. The molecule has 0 atom stereocenters. The van der Waals surface area contributed by atoms with E-state index in [2.05, 4.69) is 13.8 Å². The lowest BCUT2D eigenvalue weighted by molar-refractivity contribution is -0.0267. The molecule has 1 saturated heterocycles. The summed E-state index contributed by atoms with van der Waals surface area (Å²) in [4.78, 5) is 0. The number of rotatable bonds is 0. The van der Waals surface area contributed by atoms with Gasteiger partial charge in [-0.1, -0.05) is 57.8 Å². The van der Waals surface area contributed by atoms with E-state index in [9.17, 15) is 0 Å². The molecule has 0 aromatic carbocycles. The second kappa shape index (κ2) is 8.11. The third-order valence-corrected chi connectivity index (χ3v) is 3.67. The minimum atomic E-state index is 0.115. The highest BCUT2D eigenvalue weighted by molar-refractivity contribution is 4.68. The van der Waals surface area contributed by atoms with Gasteiger partial charge in [0, 0.05) is 6.61 Å². The Labute approximate surface area is 102 Å². The van der Waals surface area contributed by atoms with Crippen LogP contribution in [0, 0.1) is 0 Å². The Kier molecular flexibility index (Phi) is 7.11. The van der Waals surface area contributed by atoms with Crippen LogP contribution in [-0.4, -0.2) is 12.2 Å². The first kappa shape index (κ1) is 14.0. The minimum Gasteiger partial charge on any atom is -0.376 e. The van der Waals surface area contributed by atoms with Gasteiger partial charge in [-0.15, -0.1) is 0 Å². The molecule has 0 aromatic heterocycles. The first-order valence-electron chi connectivity index (χ1n) is 7.35. The van der Waals surface area contributed by atoms with Crippen molar-refractivity contribution in [3.8, 4) is 0 Å². The molecule has 96 valence electrons. The van der Waals surface area contributed by atoms with Gasteiger partial charge in [0.05, 0.1) is 5.60 Å². The van der Waals surface area contributed by atoms with Gasteiger partial charge in [-0.05, 0) is 26.7 Å². The molecule has 1 heteroatoms. The molecule has 16 heavy (non-hydrogen) atoms. The highest BCUT2D eigenvalue weighted by atomic mass is 16.5. The molecule has 1 nitrogen and oxygen atoms in total. The zero-order valence-corrected chi connectivity index (χ0v) is 11.4. The normalized spacial score (nSPS) is 25.9. The van der Waals surface area contributed by atoms with Gasteiger partial charge in [0.2, 0.25) is 0 Å². The summed E-state index contributed by atoms with van der Waals surface area (Å²) in [5.41, 5.74) is 0.115. The Balaban J connectivity index is 2.22. The zero-order chi connectivity index (χ0) is 11.7. The summed E-state index contributed by atoms with van der Waals surface area (Å²) in [7, 11) is 0. The maximum atomic E-state index is 5.97. The number of hydrogen-bond acceptors (Lipinski definition) is 1. The van der Waals surface area contributed by atoms with Crippen LogP contribution in [0.5, 0.6) is 0 Å². The number of ether oxygens (including phenoxy) is 1. The largest absolute Gasteiger partial charge is 0.376 e. The minimum absolute atomic E-state index is 0.115. The van der Waals surface area contributed by atoms with E-state index in [-0.39, 0.29) is 5.60 Å². The highest BCUT2D eigenvalue weighted by Crippen LogP contribution is 2.21. The third kappa shape index (κ3) is 7.27. The molecule has 0 unspecified atom stereocenters. The SMILES string of the molecule is CC1(C)CCCCCCCCCCCCO1. The van der Waals surface area contributed by atoms with Crippen molar-refractivity contribution in [2.45, 2.75) is 90.1 Å². The highest BCUT2D eigenvalue weighted by Gasteiger charge is 2.17. The van der Waals surface area contributed by atoms with Crippen LogP contribution in [0.1, 0.15) is 84.5 Å². The quantitative estimate of drug-likeness (QED) is 0.559. The van der Waals surface area contributed by atoms with Gasteiger partial charge in [0.15, 0.2) is 0 Å². The van der Waals surface area contributed by atoms with E-state index in [0.29, 0.717) is 0 Å². The average molecular weight is 226 g/mol. The monoisotopic (exact) mass is 226 g/mol. The lowest BCUT2D eigenvalue weighted by Gasteiger charge is -2.25. The zero-order valence-electron chi connectivity index (χ0n) is 11.4. The lowest BCUT2D eigenvalue weighted by atomic mass is 9.98. The predicted molar refractivity (Wildman–Crippen MR) is 70.8 cm³/mol. The van der Waals surface area contributed by atoms with E-state index in [4.69, 9.17) is 4.74 Å². The van der Waals surface area contributed by atoms with E-state index in [1.807, 2.05) is 0 Å². The van der Waals surface area contributed by atoms with Gasteiger partial charge >= 0.3 is 0 Å². The van der Waals surface area contributed by atoms with Crippen LogP contribution in [0.15, 0.2) is 0 Å². The summed E-state index contributed by atoms with van der Waals surface area (Å²) in [5, 5.41) is 0. The Morgan fingerprint density at radius 2 is 1.06 bits per heavy atom. The molecular weight excluding hydrogens is 196 g/mol. The fraction of sp³-hybridized carbons (Fsp3) is 1.00. The van der Waals surface area contributed by atoms with Crippen LogP contribution < -0.4 is 0 Å². The number of hydrogen-bond donors (Lipinski definition) is 0. The Morgan fingerprint density at radius 1 is 0.625 bits per heavy atom. The Bertz CT molecular complexity index is 147. The van der Waals surface area contributed by atoms with Crippen molar-refractivity contribution < 1.29 is 4.74 Å². The molecule has 0 radical (unpaired) electrons. The van der Waals surface area contributed by atoms with Crippen molar-refractivity contribution >= 4 is 0 Å². The van der Waals surface area contributed by atoms with Crippen molar-refractivity contribution in [2.24, 2.45) is 0 Å². The second-order valence-corrected chi connectivity index (χ2v) is 5.89. The first-order chi connectivity index (χ1) is 7.71. The molecule has 1 fully saturated rings. The maximum Gasteiger partial charge on any atom is 0.0626 e. The standard InChI is InChI=1S/C15H30O/c1-15(2)13-11-9-7-5-3-4-6-8-10-12-14-16-15/h3-14H2,1-2H3. The van der Waals surface area contributed by atoms with E-state index in [1.165, 1.54) is 70.6 Å². The molecule has 0 N–H and O–H groups in total. The molecule has 1 rings (SSSR count). The van der Waals surface area contributed by atoms with Crippen molar-refractivity contribution in [3.63, 3.8) is 0 Å². The molecular formula is C15H30O. The summed E-state index contributed by atoms with van der Waals surface area (Å²) in [5.74, 6) is 0. The molecule has 0 saturated carbocycles. The fourth-order valence-corrected chi connectivity index (χ4v) is 2.49. The van der Waals surface area contributed by atoms with Gasteiger partial charge in [-0.2, -0.15) is 0 Å². The average Bonchev–Trinajstić information content (AvgIpc) is 2.24. The molecule has 0 spiro atoms. The Hall–Kier alpha value is -0.0400. The van der Waals surface area contributed by atoms with Gasteiger partial charge in [-0.3, -0.25) is 0 Å². The van der Waals surface area contributed by atoms with Gasteiger partial charge < -0.3 is 4.74 Å². The fourth-order valence-electron chi connectivity index (χ4n) is 2.49. The van der Waals surface area contributed by atoms with Crippen molar-refractivity contribution in [1.29, 1.82) is 0 Å². The van der Waals surface area contributed by atoms with E-state index in [1.54, 1.807) is 0 Å². The Morgan fingerprint density at radius 3 is 1.62 bits per heavy atom. The summed E-state index contributed by atoms with van der Waals surface area (Å²) < 4.78 is 5.97. The smallest absolute Gasteiger partial charge is 0.0626 e. The van der Waals surface area contributed by atoms with Gasteiger partial charge in [0.25, 0.3) is 0 Å². The predicted octanol–water partition coefficient (Wildman–Crippen LogP) is 5.09. The lowest BCUT2D eigenvalue weighted by Crippen LogP contribution is -2.24. The maximum absolute atomic E-state index is 5.97. The second-order valence-electron chi connectivity index (χ2n) is 5.89.